The molecule has 2 heterocycles. The number of esters is 1. The monoisotopic (exact) mass is 538 g/mol. The molecule has 0 aliphatic carbocycles. The maximum atomic E-state index is 13.4. The molecule has 10 heteroatoms. The highest BCUT2D eigenvalue weighted by molar-refractivity contribution is 7.17. The number of carbonyl (C=O) groups excluding carboxylic acids is 3. The topological polar surface area (TPSA) is 106 Å². The van der Waals surface area contributed by atoms with Crippen molar-refractivity contribution in [3.05, 3.63) is 93.5 Å². The van der Waals surface area contributed by atoms with Crippen LogP contribution in [0, 0.1) is 6.92 Å². The van der Waals surface area contributed by atoms with Gasteiger partial charge in [0, 0.05) is 10.6 Å². The summed E-state index contributed by atoms with van der Waals surface area (Å²) in [5.41, 5.74) is 1.06. The lowest BCUT2D eigenvalue weighted by Gasteiger charge is -2.23. The van der Waals surface area contributed by atoms with Crippen LogP contribution in [0.15, 0.2) is 66.8 Å². The van der Waals surface area contributed by atoms with E-state index in [1.54, 1.807) is 55.5 Å². The fourth-order valence-electron chi connectivity index (χ4n) is 3.92. The molecule has 0 bridgehead atoms. The molecule has 1 aliphatic heterocycles. The van der Waals surface area contributed by atoms with E-state index in [-0.39, 0.29) is 27.9 Å². The third kappa shape index (κ3) is 5.14. The summed E-state index contributed by atoms with van der Waals surface area (Å²) in [4.78, 5) is 45.0. The molecule has 1 aromatic heterocycles. The number of anilines is 1. The molecule has 37 heavy (non-hydrogen) atoms. The zero-order valence-electron chi connectivity index (χ0n) is 20.1. The molecule has 0 spiro atoms. The Hall–Kier alpha value is -3.95. The highest BCUT2D eigenvalue weighted by Crippen LogP contribution is 2.44. The highest BCUT2D eigenvalue weighted by Gasteiger charge is 2.48. The van der Waals surface area contributed by atoms with E-state index in [4.69, 9.17) is 21.1 Å². The molecule has 8 nitrogen and oxygen atoms in total. The fraction of sp³-hybridized carbons (Fsp3) is 0.185. The molecule has 1 aliphatic rings. The van der Waals surface area contributed by atoms with E-state index in [0.29, 0.717) is 34.2 Å². The number of benzene rings is 2. The van der Waals surface area contributed by atoms with Crippen molar-refractivity contribution in [3.63, 3.8) is 0 Å². The van der Waals surface area contributed by atoms with Crippen LogP contribution < -0.4 is 9.64 Å². The Morgan fingerprint density at radius 3 is 2.65 bits per heavy atom. The minimum Gasteiger partial charge on any atom is -0.507 e. The lowest BCUT2D eigenvalue weighted by molar-refractivity contribution is -0.132. The Bertz CT molecular complexity index is 1410. The van der Waals surface area contributed by atoms with Gasteiger partial charge in [-0.15, -0.1) is 0 Å². The molecular weight excluding hydrogens is 516 g/mol. The number of halogens is 1. The Kier molecular flexibility index (Phi) is 7.75. The zero-order chi connectivity index (χ0) is 26.7. The van der Waals surface area contributed by atoms with Gasteiger partial charge in [-0.2, -0.15) is 0 Å². The maximum Gasteiger partial charge on any atom is 0.350 e. The van der Waals surface area contributed by atoms with Crippen LogP contribution in [0.5, 0.6) is 5.75 Å². The number of amides is 1. The van der Waals surface area contributed by atoms with Crippen molar-refractivity contribution in [3.8, 4) is 5.75 Å². The number of thiazole rings is 1. The number of rotatable bonds is 8. The number of nitrogens with zero attached hydrogens (tertiary/aromatic N) is 2. The van der Waals surface area contributed by atoms with Crippen molar-refractivity contribution in [2.24, 2.45) is 0 Å². The fourth-order valence-corrected chi connectivity index (χ4v) is 5.04. The minimum atomic E-state index is -1.03. The molecule has 1 N–H and O–H groups in total. The van der Waals surface area contributed by atoms with Crippen LogP contribution in [0.3, 0.4) is 0 Å². The Morgan fingerprint density at radius 2 is 1.97 bits per heavy atom. The molecule has 0 saturated carbocycles. The number of aryl methyl sites for hydroxylation is 1. The van der Waals surface area contributed by atoms with Gasteiger partial charge in [0.1, 0.15) is 23.0 Å². The second-order valence-corrected chi connectivity index (χ2v) is 9.39. The van der Waals surface area contributed by atoms with Gasteiger partial charge in [-0.3, -0.25) is 14.5 Å². The van der Waals surface area contributed by atoms with E-state index in [9.17, 15) is 19.5 Å². The quantitative estimate of drug-likeness (QED) is 0.133. The number of aromatic nitrogens is 1. The minimum absolute atomic E-state index is 0.0152. The van der Waals surface area contributed by atoms with Crippen LogP contribution >= 0.6 is 22.9 Å². The predicted octanol–water partition coefficient (Wildman–Crippen LogP) is 5.47. The highest BCUT2D eigenvalue weighted by atomic mass is 35.5. The number of aliphatic hydroxyl groups is 1. The van der Waals surface area contributed by atoms with Crippen LogP contribution in [0.1, 0.15) is 39.5 Å². The first kappa shape index (κ1) is 26.1. The van der Waals surface area contributed by atoms with Gasteiger partial charge < -0.3 is 14.6 Å². The number of hydrogen-bond acceptors (Lipinski definition) is 8. The molecule has 3 aromatic rings. The van der Waals surface area contributed by atoms with Gasteiger partial charge in [-0.25, -0.2) is 9.78 Å². The first-order valence-corrected chi connectivity index (χ1v) is 12.5. The van der Waals surface area contributed by atoms with Crippen molar-refractivity contribution >= 4 is 51.5 Å². The SMILES string of the molecule is C=CCOC(=O)c1sc(N2C(=O)C(=O)C(=C(O)c3ccc(Cl)cc3)C2c2cccc(OCC)c2)nc1C. The maximum absolute atomic E-state index is 13.4. The second-order valence-electron chi connectivity index (χ2n) is 7.98. The Balaban J connectivity index is 1.89. The van der Waals surface area contributed by atoms with Gasteiger partial charge in [-0.05, 0) is 55.8 Å². The largest absolute Gasteiger partial charge is 0.507 e. The molecule has 2 aromatic carbocycles. The number of aliphatic hydroxyl groups excluding tert-OH is 1. The Morgan fingerprint density at radius 1 is 1.24 bits per heavy atom. The summed E-state index contributed by atoms with van der Waals surface area (Å²) < 4.78 is 10.8. The molecule has 1 amide bonds. The summed E-state index contributed by atoms with van der Waals surface area (Å²) in [7, 11) is 0. The third-order valence-corrected chi connectivity index (χ3v) is 6.94. The molecular formula is C27H23ClN2O6S. The number of carbonyl (C=O) groups is 3. The van der Waals surface area contributed by atoms with E-state index in [2.05, 4.69) is 11.6 Å². The molecule has 1 atom stereocenters. The van der Waals surface area contributed by atoms with E-state index in [0.717, 1.165) is 11.3 Å². The first-order valence-electron chi connectivity index (χ1n) is 11.3. The summed E-state index contributed by atoms with van der Waals surface area (Å²) in [5, 5.41) is 11.8. The van der Waals surface area contributed by atoms with Crippen molar-refractivity contribution in [2.45, 2.75) is 19.9 Å². The third-order valence-electron chi connectivity index (χ3n) is 5.56. The number of ether oxygens (including phenoxy) is 2. The van der Waals surface area contributed by atoms with E-state index < -0.39 is 23.7 Å². The number of Topliss-reactive ketones (excluding diaryl/α,β-unsaturated/α-hetero) is 1. The van der Waals surface area contributed by atoms with Crippen LogP contribution in [-0.2, 0) is 14.3 Å². The number of hydrogen-bond donors (Lipinski definition) is 1. The smallest absolute Gasteiger partial charge is 0.350 e. The van der Waals surface area contributed by atoms with Gasteiger partial charge in [0.05, 0.1) is 23.9 Å². The van der Waals surface area contributed by atoms with Gasteiger partial charge in [0.15, 0.2) is 5.13 Å². The molecule has 1 saturated heterocycles. The molecule has 1 unspecified atom stereocenters. The zero-order valence-corrected chi connectivity index (χ0v) is 21.6. The van der Waals surface area contributed by atoms with Gasteiger partial charge in [0.2, 0.25) is 0 Å². The predicted molar refractivity (Wildman–Crippen MR) is 141 cm³/mol. The van der Waals surface area contributed by atoms with Crippen LogP contribution in [0.2, 0.25) is 5.02 Å². The van der Waals surface area contributed by atoms with Crippen molar-refractivity contribution in [1.82, 2.24) is 4.98 Å². The standard InChI is InChI=1S/C27H23ClN2O6S/c1-4-13-36-26(34)24-15(3)29-27(37-24)30-21(17-7-6-8-19(14-17)35-5-2)20(23(32)25(30)33)22(31)16-9-11-18(28)12-10-16/h4,6-12,14,21,31H,1,5,13H2,2-3H3. The van der Waals surface area contributed by atoms with Crippen molar-refractivity contribution in [1.29, 1.82) is 0 Å². The second kappa shape index (κ2) is 11.0. The van der Waals surface area contributed by atoms with Crippen molar-refractivity contribution < 1.29 is 29.0 Å². The van der Waals surface area contributed by atoms with Gasteiger partial charge in [-0.1, -0.05) is 47.7 Å². The first-order chi connectivity index (χ1) is 17.8. The van der Waals surface area contributed by atoms with Crippen LogP contribution in [0.4, 0.5) is 5.13 Å². The lowest BCUT2D eigenvalue weighted by Crippen LogP contribution is -2.29. The number of ketones is 1. The summed E-state index contributed by atoms with van der Waals surface area (Å²) in [6.45, 7) is 7.40. The van der Waals surface area contributed by atoms with Gasteiger partial charge in [0.25, 0.3) is 5.78 Å². The average molecular weight is 539 g/mol. The van der Waals surface area contributed by atoms with E-state index >= 15 is 0 Å². The lowest BCUT2D eigenvalue weighted by atomic mass is 9.95. The molecule has 0 radical (unpaired) electrons. The van der Waals surface area contributed by atoms with Crippen molar-refractivity contribution in [2.75, 3.05) is 18.1 Å². The summed E-state index contributed by atoms with van der Waals surface area (Å²) in [5.74, 6) is -2.22. The molecule has 190 valence electrons. The van der Waals surface area contributed by atoms with Gasteiger partial charge >= 0.3 is 11.9 Å². The summed E-state index contributed by atoms with van der Waals surface area (Å²) >= 11 is 6.91. The molecule has 1 fully saturated rings. The van der Waals surface area contributed by atoms with Crippen LogP contribution in [0.25, 0.3) is 5.76 Å². The Labute approximate surface area is 222 Å². The molecule has 4 rings (SSSR count). The van der Waals surface area contributed by atoms with E-state index in [1.165, 1.54) is 11.0 Å². The summed E-state index contributed by atoms with van der Waals surface area (Å²) in [6, 6.07) is 12.1. The normalized spacial score (nSPS) is 16.6. The summed E-state index contributed by atoms with van der Waals surface area (Å²) in [6.07, 6.45) is 1.44. The van der Waals surface area contributed by atoms with Crippen LogP contribution in [-0.4, -0.2) is 41.0 Å². The van der Waals surface area contributed by atoms with E-state index in [1.807, 2.05) is 6.92 Å². The average Bonchev–Trinajstić information content (AvgIpc) is 3.39.